The number of likely N-dealkylation sites (N-methyl/N-ethyl adjacent to an activating group) is 1. The van der Waals surface area contributed by atoms with E-state index >= 15 is 0 Å². The average Bonchev–Trinajstić information content (AvgIpc) is 1.60. The molecule has 3 aliphatic carbocycles. The molecule has 3 amide bonds. The number of ketones is 3. The Labute approximate surface area is 692 Å². The van der Waals surface area contributed by atoms with Crippen LogP contribution >= 0.6 is 23.2 Å². The molecule has 3 aromatic heterocycles. The molecule has 0 saturated heterocycles. The largest absolute Gasteiger partial charge is 0.355 e. The number of carbonyl (C=O) groups excluding carboxylic acids is 6. The number of halogens is 2. The zero-order valence-electron chi connectivity index (χ0n) is 66.7. The molecule has 21 nitrogen and oxygen atoms in total. The van der Waals surface area contributed by atoms with E-state index in [4.69, 9.17) is 23.2 Å². The summed E-state index contributed by atoms with van der Waals surface area (Å²) in [5.41, 5.74) is 12.9. The molecule has 3 aliphatic heterocycles. The fraction of sp³-hybridized carbons (Fsp3) is 0.444. The van der Waals surface area contributed by atoms with Crippen LogP contribution in [-0.2, 0) is 64.1 Å². The number of sulfonamides is 3. The zero-order valence-corrected chi connectivity index (χ0v) is 70.7. The minimum Gasteiger partial charge on any atom is -0.355 e. The summed E-state index contributed by atoms with van der Waals surface area (Å²) in [6, 6.07) is 41.9. The molecule has 0 radical (unpaired) electrons. The van der Waals surface area contributed by atoms with Crippen LogP contribution in [0.4, 0.5) is 0 Å². The molecule has 6 bridgehead atoms. The molecule has 3 saturated carbocycles. The minimum atomic E-state index is -3.78. The molecule has 616 valence electrons. The lowest BCUT2D eigenvalue weighted by Crippen LogP contribution is -2.33. The van der Waals surface area contributed by atoms with Crippen LogP contribution < -0.4 is 16.0 Å². The molecular formula is C90H107Cl2N9O12S3. The standard InChI is InChI=1S/C30H36ClN3O4S.C30H34ClN3O4S.C30H37N3O4S/c2*1-33-17-7-3-6-16-32-28(36)19-34-26-18-23(27(35)20-39(33,37)38)12-15-25(26)29(21-8-4-2-5-9-21)30(34)22-10-13-24(31)14-11-22;1-32-18-10-4-9-17-31-28(35)20-33-26-19-24(27(34)21-38(32,36)37)15-16-25(26)29(22-11-5-2-6-12-22)30(33)23-13-7-3-8-14-23/h10-15,18,21H,2-9,16-17,19-20H2,1H3,(H,32,36);3,7,10-15,18,21H,2,4-6,8-9,16-17,19-20H2,1H3,(H,32,36);3,7-8,13-16,19,22H,2,4-6,9-12,17-18,20-21H2,1H3,(H,31,35)/b;7-3-;. The second-order valence-corrected chi connectivity index (χ2v) is 39.1. The molecule has 3 fully saturated rings. The third-order valence-corrected chi connectivity index (χ3v) is 29.7. The lowest BCUT2D eigenvalue weighted by atomic mass is 9.81. The van der Waals surface area contributed by atoms with Crippen LogP contribution in [0.1, 0.15) is 207 Å². The van der Waals surface area contributed by atoms with Gasteiger partial charge in [0.1, 0.15) is 36.9 Å². The van der Waals surface area contributed by atoms with Gasteiger partial charge in [0.15, 0.2) is 17.3 Å². The van der Waals surface area contributed by atoms with Crippen molar-refractivity contribution in [3.63, 3.8) is 0 Å². The van der Waals surface area contributed by atoms with Crippen molar-refractivity contribution >= 4 is 121 Å². The van der Waals surface area contributed by atoms with Crippen molar-refractivity contribution in [3.8, 4) is 33.8 Å². The third-order valence-electron chi connectivity index (χ3n) is 24.0. The van der Waals surface area contributed by atoms with E-state index in [1.165, 1.54) is 82.9 Å². The second kappa shape index (κ2) is 38.4. The molecule has 0 spiro atoms. The van der Waals surface area contributed by atoms with Gasteiger partial charge in [-0.05, 0) is 164 Å². The van der Waals surface area contributed by atoms with Gasteiger partial charge in [-0.2, -0.15) is 0 Å². The van der Waals surface area contributed by atoms with E-state index in [9.17, 15) is 54.0 Å². The smallest absolute Gasteiger partial charge is 0.239 e. The third kappa shape index (κ3) is 20.2. The highest BCUT2D eigenvalue weighted by atomic mass is 35.5. The highest BCUT2D eigenvalue weighted by molar-refractivity contribution is 7.90. The van der Waals surface area contributed by atoms with Crippen molar-refractivity contribution in [2.75, 3.05) is 77.7 Å². The number of Topliss-reactive ketones (excluding diaryl/α,β-unsaturated/α-hetero) is 3. The summed E-state index contributed by atoms with van der Waals surface area (Å²) in [4.78, 5) is 79.4. The molecule has 0 atom stereocenters. The van der Waals surface area contributed by atoms with Gasteiger partial charge in [-0.3, -0.25) is 28.8 Å². The Kier molecular flexibility index (Phi) is 28.3. The van der Waals surface area contributed by atoms with E-state index < -0.39 is 64.7 Å². The first kappa shape index (κ1) is 85.3. The molecule has 6 heterocycles. The quantitative estimate of drug-likeness (QED) is 0.131. The van der Waals surface area contributed by atoms with Gasteiger partial charge in [-0.1, -0.05) is 197 Å². The Balaban J connectivity index is 0.000000151. The van der Waals surface area contributed by atoms with Gasteiger partial charge in [0.25, 0.3) is 0 Å². The number of fused-ring (bicyclic) bond motifs is 3. The van der Waals surface area contributed by atoms with Gasteiger partial charge in [-0.15, -0.1) is 0 Å². The number of hydrogen-bond acceptors (Lipinski definition) is 12. The van der Waals surface area contributed by atoms with Crippen LogP contribution in [0.3, 0.4) is 0 Å². The van der Waals surface area contributed by atoms with Crippen molar-refractivity contribution in [2.45, 2.75) is 179 Å². The first-order chi connectivity index (χ1) is 55.8. The van der Waals surface area contributed by atoms with Gasteiger partial charge in [-0.25, -0.2) is 38.2 Å². The summed E-state index contributed by atoms with van der Waals surface area (Å²) in [5.74, 6) is -2.31. The van der Waals surface area contributed by atoms with Crippen LogP contribution in [-0.4, -0.2) is 165 Å². The molecule has 9 aromatic rings. The summed E-state index contributed by atoms with van der Waals surface area (Å²) >= 11 is 12.5. The summed E-state index contributed by atoms with van der Waals surface area (Å²) in [6.07, 6.45) is 25.7. The lowest BCUT2D eigenvalue weighted by molar-refractivity contribution is -0.122. The van der Waals surface area contributed by atoms with E-state index in [0.29, 0.717) is 96.5 Å². The predicted octanol–water partition coefficient (Wildman–Crippen LogP) is 16.4. The number of amides is 3. The van der Waals surface area contributed by atoms with E-state index in [1.54, 1.807) is 42.5 Å². The van der Waals surface area contributed by atoms with E-state index in [-0.39, 0.29) is 43.9 Å². The van der Waals surface area contributed by atoms with Crippen LogP contribution in [0.15, 0.2) is 146 Å². The fourth-order valence-electron chi connectivity index (χ4n) is 17.7. The summed E-state index contributed by atoms with van der Waals surface area (Å²) in [5, 5.41) is 13.4. The first-order valence-electron chi connectivity index (χ1n) is 41.3. The lowest BCUT2D eigenvalue weighted by Gasteiger charge is -2.24. The molecule has 26 heteroatoms. The number of rotatable bonds is 6. The van der Waals surface area contributed by atoms with Crippen molar-refractivity contribution in [1.82, 2.24) is 42.6 Å². The van der Waals surface area contributed by atoms with Crippen LogP contribution in [0.25, 0.3) is 66.5 Å². The number of carbonyl (C=O) groups is 6. The number of benzene rings is 6. The van der Waals surface area contributed by atoms with E-state index in [1.807, 2.05) is 105 Å². The van der Waals surface area contributed by atoms with E-state index in [2.05, 4.69) is 28.1 Å². The van der Waals surface area contributed by atoms with Crippen LogP contribution in [0.2, 0.25) is 10.0 Å². The Bertz CT molecular complexity index is 5490. The molecular weight excluding hydrogens is 1570 g/mol. The molecule has 0 unspecified atom stereocenters. The number of hydrogen-bond donors (Lipinski definition) is 3. The van der Waals surface area contributed by atoms with Crippen molar-refractivity contribution in [2.24, 2.45) is 0 Å². The average molecular weight is 1670 g/mol. The van der Waals surface area contributed by atoms with Gasteiger partial charge in [0, 0.05) is 120 Å². The van der Waals surface area contributed by atoms with Crippen molar-refractivity contribution < 1.29 is 54.0 Å². The Hall–Kier alpha value is -8.59. The maximum Gasteiger partial charge on any atom is 0.239 e. The SMILES string of the molecule is CN1C/C=C\CCNC(=O)Cn2c(-c3ccc(Cl)cc3)c(C3CCCCC3)c3ccc(cc32)C(=O)CS1(=O)=O.CN1CCCCCNC(=O)Cn2c(-c3ccc(Cl)cc3)c(C3CCCCC3)c3ccc(cc32)C(=O)CS1(=O)=O.CN1CCCCCNC(=O)Cn2c(-c3ccccc3)c(C3CCCCC3)c3ccc(cc32)C(=O)CS1(=O)=O. The molecule has 3 N–H and O–H groups in total. The van der Waals surface area contributed by atoms with Gasteiger partial charge in [0.05, 0.1) is 17.1 Å². The van der Waals surface area contributed by atoms with Crippen LogP contribution in [0.5, 0.6) is 0 Å². The molecule has 6 aliphatic rings. The minimum absolute atomic E-state index is 0.0576. The number of nitrogens with one attached hydrogen (secondary N) is 3. The Morgan fingerprint density at radius 2 is 0.647 bits per heavy atom. The highest BCUT2D eigenvalue weighted by Crippen LogP contribution is 2.48. The summed E-state index contributed by atoms with van der Waals surface area (Å²) in [7, 11) is -6.70. The maximum atomic E-state index is 13.3. The number of aromatic nitrogens is 3. The van der Waals surface area contributed by atoms with Gasteiger partial charge >= 0.3 is 0 Å². The predicted molar refractivity (Wildman–Crippen MR) is 462 cm³/mol. The molecule has 6 aromatic carbocycles. The van der Waals surface area contributed by atoms with Crippen molar-refractivity contribution in [3.05, 3.63) is 189 Å². The van der Waals surface area contributed by atoms with Crippen LogP contribution in [0, 0.1) is 0 Å². The fourth-order valence-corrected chi connectivity index (χ4v) is 21.3. The topological polar surface area (TPSA) is 265 Å². The van der Waals surface area contributed by atoms with Crippen molar-refractivity contribution in [1.29, 1.82) is 0 Å². The molecule has 116 heavy (non-hydrogen) atoms. The normalized spacial score (nSPS) is 20.6. The zero-order chi connectivity index (χ0) is 81.8. The second-order valence-electron chi connectivity index (χ2n) is 32.0. The van der Waals surface area contributed by atoms with Gasteiger partial charge < -0.3 is 29.7 Å². The molecule has 15 rings (SSSR count). The summed E-state index contributed by atoms with van der Waals surface area (Å²) < 4.78 is 87.3. The Morgan fingerprint density at radius 1 is 0.336 bits per heavy atom. The monoisotopic (exact) mass is 1670 g/mol. The summed E-state index contributed by atoms with van der Waals surface area (Å²) in [6.45, 7) is 2.74. The Morgan fingerprint density at radius 3 is 1.00 bits per heavy atom. The van der Waals surface area contributed by atoms with E-state index in [0.717, 1.165) is 156 Å². The highest BCUT2D eigenvalue weighted by Gasteiger charge is 2.35. The number of nitrogens with zero attached hydrogens (tertiary/aromatic N) is 6. The first-order valence-corrected chi connectivity index (χ1v) is 46.8. The maximum absolute atomic E-state index is 13.3. The van der Waals surface area contributed by atoms with Gasteiger partial charge in [0.2, 0.25) is 47.8 Å².